The van der Waals surface area contributed by atoms with Crippen molar-refractivity contribution in [2.45, 2.75) is 32.7 Å². The third-order valence-corrected chi connectivity index (χ3v) is 3.96. The molecule has 0 unspecified atom stereocenters. The van der Waals surface area contributed by atoms with E-state index in [4.69, 9.17) is 11.6 Å². The zero-order valence-corrected chi connectivity index (χ0v) is 12.5. The number of amides is 2. The molecule has 0 saturated carbocycles. The average molecular weight is 295 g/mol. The van der Waals surface area contributed by atoms with E-state index in [2.05, 4.69) is 5.32 Å². The van der Waals surface area contributed by atoms with Gasteiger partial charge in [-0.1, -0.05) is 30.7 Å². The van der Waals surface area contributed by atoms with Crippen LogP contribution in [0.5, 0.6) is 0 Å². The molecule has 5 heteroatoms. The van der Waals surface area contributed by atoms with Gasteiger partial charge in [0.05, 0.1) is 16.6 Å². The second kappa shape index (κ2) is 6.27. The summed E-state index contributed by atoms with van der Waals surface area (Å²) in [4.78, 5) is 25.8. The van der Waals surface area contributed by atoms with E-state index in [0.717, 1.165) is 6.42 Å². The molecule has 0 radical (unpaired) electrons. The lowest BCUT2D eigenvalue weighted by atomic mass is 10.1. The maximum atomic E-state index is 12.1. The van der Waals surface area contributed by atoms with Crippen molar-refractivity contribution in [2.75, 3.05) is 11.4 Å². The van der Waals surface area contributed by atoms with Gasteiger partial charge in [-0.15, -0.1) is 0 Å². The molecule has 1 aromatic rings. The summed E-state index contributed by atoms with van der Waals surface area (Å²) in [5.74, 6) is -0.405. The summed E-state index contributed by atoms with van der Waals surface area (Å²) in [6, 6.07) is 7.33. The van der Waals surface area contributed by atoms with Crippen molar-refractivity contribution in [3.8, 4) is 0 Å². The molecule has 0 bridgehead atoms. The largest absolute Gasteiger partial charge is 0.353 e. The molecular formula is C15H19ClN2O2. The van der Waals surface area contributed by atoms with Gasteiger partial charge in [0.25, 0.3) is 0 Å². The van der Waals surface area contributed by atoms with Gasteiger partial charge in [0.15, 0.2) is 0 Å². The van der Waals surface area contributed by atoms with Crippen molar-refractivity contribution in [3.63, 3.8) is 0 Å². The number of hydrogen-bond acceptors (Lipinski definition) is 2. The maximum absolute atomic E-state index is 12.1. The Balaban J connectivity index is 2.08. The topological polar surface area (TPSA) is 49.4 Å². The van der Waals surface area contributed by atoms with E-state index in [0.29, 0.717) is 17.3 Å². The maximum Gasteiger partial charge on any atom is 0.227 e. The Morgan fingerprint density at radius 1 is 1.50 bits per heavy atom. The highest BCUT2D eigenvalue weighted by molar-refractivity contribution is 6.33. The van der Waals surface area contributed by atoms with E-state index in [1.807, 2.05) is 26.0 Å². The lowest BCUT2D eigenvalue weighted by molar-refractivity contribution is -0.126. The van der Waals surface area contributed by atoms with Crippen LogP contribution in [-0.4, -0.2) is 24.4 Å². The lowest BCUT2D eigenvalue weighted by Gasteiger charge is -2.18. The summed E-state index contributed by atoms with van der Waals surface area (Å²) < 4.78 is 0. The van der Waals surface area contributed by atoms with Crippen molar-refractivity contribution >= 4 is 29.1 Å². The SMILES string of the molecule is CC[C@H](C)NC(=O)[C@H]1CC(=O)N(c2ccccc2Cl)C1. The first-order valence-corrected chi connectivity index (χ1v) is 7.26. The van der Waals surface area contributed by atoms with Crippen LogP contribution in [0, 0.1) is 5.92 Å². The molecule has 0 spiro atoms. The van der Waals surface area contributed by atoms with Crippen LogP contribution in [0.2, 0.25) is 5.02 Å². The zero-order chi connectivity index (χ0) is 14.7. The Morgan fingerprint density at radius 3 is 2.85 bits per heavy atom. The summed E-state index contributed by atoms with van der Waals surface area (Å²) >= 11 is 6.11. The molecule has 1 aliphatic heterocycles. The highest BCUT2D eigenvalue weighted by atomic mass is 35.5. The monoisotopic (exact) mass is 294 g/mol. The van der Waals surface area contributed by atoms with E-state index in [-0.39, 0.29) is 30.2 Å². The van der Waals surface area contributed by atoms with Gasteiger partial charge in [-0.2, -0.15) is 0 Å². The predicted octanol–water partition coefficient (Wildman–Crippen LogP) is 2.61. The first kappa shape index (κ1) is 14.9. The minimum atomic E-state index is -0.298. The van der Waals surface area contributed by atoms with E-state index < -0.39 is 0 Å². The van der Waals surface area contributed by atoms with Crippen LogP contribution in [0.4, 0.5) is 5.69 Å². The highest BCUT2D eigenvalue weighted by Gasteiger charge is 2.35. The van der Waals surface area contributed by atoms with Gasteiger partial charge in [0.2, 0.25) is 11.8 Å². The number of para-hydroxylation sites is 1. The van der Waals surface area contributed by atoms with E-state index in [9.17, 15) is 9.59 Å². The molecule has 2 amide bonds. The van der Waals surface area contributed by atoms with Gasteiger partial charge in [-0.3, -0.25) is 9.59 Å². The number of halogens is 1. The number of carbonyl (C=O) groups is 2. The van der Waals surface area contributed by atoms with Gasteiger partial charge < -0.3 is 10.2 Å². The number of benzene rings is 1. The molecule has 1 fully saturated rings. The molecule has 2 rings (SSSR count). The fourth-order valence-electron chi connectivity index (χ4n) is 2.25. The van der Waals surface area contributed by atoms with Crippen LogP contribution in [-0.2, 0) is 9.59 Å². The minimum Gasteiger partial charge on any atom is -0.353 e. The Hall–Kier alpha value is -1.55. The highest BCUT2D eigenvalue weighted by Crippen LogP contribution is 2.31. The number of rotatable bonds is 4. The molecule has 1 aromatic carbocycles. The molecule has 1 heterocycles. The molecule has 2 atom stereocenters. The summed E-state index contributed by atoms with van der Waals surface area (Å²) in [6.45, 7) is 4.37. The second-order valence-corrected chi connectivity index (χ2v) is 5.58. The molecule has 1 saturated heterocycles. The summed E-state index contributed by atoms with van der Waals surface area (Å²) in [6.07, 6.45) is 1.12. The van der Waals surface area contributed by atoms with Crippen molar-refractivity contribution in [3.05, 3.63) is 29.3 Å². The van der Waals surface area contributed by atoms with Crippen molar-refractivity contribution in [1.29, 1.82) is 0 Å². The van der Waals surface area contributed by atoms with Crippen LogP contribution < -0.4 is 10.2 Å². The average Bonchev–Trinajstić information content (AvgIpc) is 2.81. The van der Waals surface area contributed by atoms with Crippen LogP contribution in [0.15, 0.2) is 24.3 Å². The van der Waals surface area contributed by atoms with Crippen LogP contribution >= 0.6 is 11.6 Å². The van der Waals surface area contributed by atoms with Gasteiger partial charge in [0.1, 0.15) is 0 Å². The molecule has 20 heavy (non-hydrogen) atoms. The van der Waals surface area contributed by atoms with Gasteiger partial charge >= 0.3 is 0 Å². The Labute approximate surface area is 124 Å². The van der Waals surface area contributed by atoms with Gasteiger partial charge in [-0.05, 0) is 25.5 Å². The Morgan fingerprint density at radius 2 is 2.20 bits per heavy atom. The molecule has 1 N–H and O–H groups in total. The number of anilines is 1. The van der Waals surface area contributed by atoms with Crippen molar-refractivity contribution in [2.24, 2.45) is 5.92 Å². The molecule has 0 aliphatic carbocycles. The molecule has 4 nitrogen and oxygen atoms in total. The smallest absolute Gasteiger partial charge is 0.227 e. The first-order valence-electron chi connectivity index (χ1n) is 6.88. The Kier molecular flexibility index (Phi) is 4.65. The summed E-state index contributed by atoms with van der Waals surface area (Å²) in [7, 11) is 0. The van der Waals surface area contributed by atoms with E-state index >= 15 is 0 Å². The van der Waals surface area contributed by atoms with Crippen LogP contribution in [0.25, 0.3) is 0 Å². The number of nitrogens with zero attached hydrogens (tertiary/aromatic N) is 1. The zero-order valence-electron chi connectivity index (χ0n) is 11.7. The van der Waals surface area contributed by atoms with Gasteiger partial charge in [-0.25, -0.2) is 0 Å². The van der Waals surface area contributed by atoms with Crippen LogP contribution in [0.3, 0.4) is 0 Å². The third kappa shape index (κ3) is 3.12. The quantitative estimate of drug-likeness (QED) is 0.928. The standard InChI is InChI=1S/C15H19ClN2O2/c1-3-10(2)17-15(20)11-8-14(19)18(9-11)13-7-5-4-6-12(13)16/h4-7,10-11H,3,8-9H2,1-2H3,(H,17,20)/t10-,11-/m0/s1. The van der Waals surface area contributed by atoms with Crippen LogP contribution in [0.1, 0.15) is 26.7 Å². The molecular weight excluding hydrogens is 276 g/mol. The second-order valence-electron chi connectivity index (χ2n) is 5.17. The van der Waals surface area contributed by atoms with E-state index in [1.165, 1.54) is 0 Å². The fourth-order valence-corrected chi connectivity index (χ4v) is 2.49. The van der Waals surface area contributed by atoms with Crippen molar-refractivity contribution in [1.82, 2.24) is 5.32 Å². The normalized spacial score (nSPS) is 20.1. The molecule has 1 aliphatic rings. The lowest BCUT2D eigenvalue weighted by Crippen LogP contribution is -2.38. The first-order chi connectivity index (χ1) is 9.52. The Bertz CT molecular complexity index is 518. The van der Waals surface area contributed by atoms with Crippen molar-refractivity contribution < 1.29 is 9.59 Å². The number of nitrogens with one attached hydrogen (secondary N) is 1. The molecule has 108 valence electrons. The summed E-state index contributed by atoms with van der Waals surface area (Å²) in [5, 5.41) is 3.46. The minimum absolute atomic E-state index is 0.0533. The van der Waals surface area contributed by atoms with Gasteiger partial charge in [0, 0.05) is 19.0 Å². The number of hydrogen-bond donors (Lipinski definition) is 1. The molecule has 0 aromatic heterocycles. The van der Waals surface area contributed by atoms with E-state index in [1.54, 1.807) is 17.0 Å². The third-order valence-electron chi connectivity index (χ3n) is 3.64. The fraction of sp³-hybridized carbons (Fsp3) is 0.467. The predicted molar refractivity (Wildman–Crippen MR) is 79.8 cm³/mol. The summed E-state index contributed by atoms with van der Waals surface area (Å²) in [5.41, 5.74) is 0.679. The number of carbonyl (C=O) groups excluding carboxylic acids is 2.